The van der Waals surface area contributed by atoms with E-state index < -0.39 is 5.41 Å². The van der Waals surface area contributed by atoms with Crippen LogP contribution in [0.2, 0.25) is 0 Å². The molecule has 3 unspecified atom stereocenters. The quantitative estimate of drug-likeness (QED) is 0.612. The zero-order chi connectivity index (χ0) is 19.8. The molecule has 7 heteroatoms. The maximum atomic E-state index is 12.3. The highest BCUT2D eigenvalue weighted by atomic mass is 32.2. The molecule has 2 N–H and O–H groups in total. The predicted molar refractivity (Wildman–Crippen MR) is 110 cm³/mol. The Morgan fingerprint density at radius 1 is 1.36 bits per heavy atom. The third-order valence-electron chi connectivity index (χ3n) is 6.05. The number of nitrogens with zero attached hydrogens (tertiary/aromatic N) is 2. The second-order valence-electron chi connectivity index (χ2n) is 7.57. The van der Waals surface area contributed by atoms with Crippen molar-refractivity contribution in [2.24, 2.45) is 5.41 Å². The van der Waals surface area contributed by atoms with Crippen LogP contribution in [0.5, 0.6) is 0 Å². The second kappa shape index (κ2) is 7.22. The van der Waals surface area contributed by atoms with Crippen LogP contribution in [0.15, 0.2) is 54.4 Å². The molecule has 3 heterocycles. The summed E-state index contributed by atoms with van der Waals surface area (Å²) in [4.78, 5) is 17.0. The Kier molecular flexibility index (Phi) is 4.89. The summed E-state index contributed by atoms with van der Waals surface area (Å²) >= 11 is 1.71. The number of aromatic nitrogens is 3. The van der Waals surface area contributed by atoms with E-state index in [4.69, 9.17) is 4.74 Å². The van der Waals surface area contributed by atoms with Crippen LogP contribution in [0, 0.1) is 5.41 Å². The average Bonchev–Trinajstić information content (AvgIpc) is 3.08. The minimum absolute atomic E-state index is 0.0856. The van der Waals surface area contributed by atoms with Gasteiger partial charge >= 0.3 is 5.97 Å². The highest BCUT2D eigenvalue weighted by Gasteiger charge is 2.52. The first kappa shape index (κ1) is 19.0. The van der Waals surface area contributed by atoms with Gasteiger partial charge in [0.1, 0.15) is 0 Å². The van der Waals surface area contributed by atoms with Crippen molar-refractivity contribution in [2.75, 3.05) is 13.7 Å². The summed E-state index contributed by atoms with van der Waals surface area (Å²) in [6, 6.07) is 5.91. The smallest absolute Gasteiger partial charge is 0.337 e. The Hall–Kier alpha value is -2.38. The largest absolute Gasteiger partial charge is 0.465 e. The minimum atomic E-state index is -0.523. The number of methoxy groups -OCH3 is 1. The summed E-state index contributed by atoms with van der Waals surface area (Å²) in [5, 5.41) is 7.54. The van der Waals surface area contributed by atoms with Crippen LogP contribution in [-0.2, 0) is 21.4 Å². The van der Waals surface area contributed by atoms with E-state index in [1.807, 2.05) is 36.5 Å². The maximum absolute atomic E-state index is 12.3. The molecule has 0 saturated carbocycles. The number of ether oxygens (including phenoxy) is 1. The lowest BCUT2D eigenvalue weighted by molar-refractivity contribution is -0.135. The molecule has 0 radical (unpaired) electrons. The first-order valence-electron chi connectivity index (χ1n) is 9.32. The van der Waals surface area contributed by atoms with E-state index in [2.05, 4.69) is 39.8 Å². The van der Waals surface area contributed by atoms with Gasteiger partial charge in [0.15, 0.2) is 0 Å². The molecule has 0 aromatic carbocycles. The number of allylic oxidation sites excluding steroid dienone is 2. The van der Waals surface area contributed by atoms with Crippen LogP contribution in [0.4, 0.5) is 0 Å². The number of hydrogen-bond acceptors (Lipinski definition) is 6. The number of nitrogens with one attached hydrogen (secondary N) is 2. The van der Waals surface area contributed by atoms with E-state index >= 15 is 0 Å². The van der Waals surface area contributed by atoms with Crippen LogP contribution in [0.25, 0.3) is 0 Å². The Labute approximate surface area is 169 Å². The Balaban J connectivity index is 1.89. The van der Waals surface area contributed by atoms with Gasteiger partial charge in [-0.05, 0) is 19.1 Å². The first-order valence-corrected chi connectivity index (χ1v) is 10.2. The van der Waals surface area contributed by atoms with Crippen LogP contribution < -0.4 is 4.72 Å². The van der Waals surface area contributed by atoms with E-state index in [0.717, 1.165) is 24.4 Å². The van der Waals surface area contributed by atoms with Gasteiger partial charge in [0, 0.05) is 41.2 Å². The highest BCUT2D eigenvalue weighted by molar-refractivity contribution is 7.97. The Bertz CT molecular complexity index is 939. The number of carbonyl (C=O) groups is 1. The second-order valence-corrected chi connectivity index (χ2v) is 8.57. The molecule has 6 nitrogen and oxygen atoms in total. The first-order chi connectivity index (χ1) is 13.5. The van der Waals surface area contributed by atoms with Crippen LogP contribution in [0.1, 0.15) is 36.0 Å². The van der Waals surface area contributed by atoms with Gasteiger partial charge in [0.2, 0.25) is 0 Å². The Morgan fingerprint density at radius 2 is 2.21 bits per heavy atom. The number of carbonyl (C=O) groups excluding carboxylic acids is 1. The van der Waals surface area contributed by atoms with Crippen molar-refractivity contribution in [3.05, 3.63) is 71.3 Å². The number of hydrogen-bond donors (Lipinski definition) is 2. The van der Waals surface area contributed by atoms with Gasteiger partial charge in [0.25, 0.3) is 0 Å². The van der Waals surface area contributed by atoms with E-state index in [9.17, 15) is 4.79 Å². The van der Waals surface area contributed by atoms with Gasteiger partial charge in [-0.15, -0.1) is 0 Å². The van der Waals surface area contributed by atoms with Crippen molar-refractivity contribution >= 4 is 17.9 Å². The van der Waals surface area contributed by atoms with Crippen molar-refractivity contribution in [3.63, 3.8) is 0 Å². The monoisotopic (exact) mass is 396 g/mol. The number of rotatable bonds is 3. The number of esters is 1. The molecule has 2 aromatic rings. The lowest BCUT2D eigenvalue weighted by atomic mass is 9.58. The minimum Gasteiger partial charge on any atom is -0.465 e. The molecule has 146 valence electrons. The molecule has 2 aromatic heterocycles. The fourth-order valence-electron chi connectivity index (χ4n) is 4.15. The van der Waals surface area contributed by atoms with Gasteiger partial charge in [-0.25, -0.2) is 4.79 Å². The molecule has 1 aliphatic carbocycles. The zero-order valence-electron chi connectivity index (χ0n) is 16.2. The molecule has 3 atom stereocenters. The number of fused-ring (bicyclic) bond motifs is 1. The summed E-state index contributed by atoms with van der Waals surface area (Å²) < 4.78 is 8.47. The lowest BCUT2D eigenvalue weighted by Crippen LogP contribution is -2.45. The van der Waals surface area contributed by atoms with E-state index in [-0.39, 0.29) is 16.6 Å². The van der Waals surface area contributed by atoms with Crippen LogP contribution in [0.3, 0.4) is 0 Å². The third kappa shape index (κ3) is 2.89. The van der Waals surface area contributed by atoms with Gasteiger partial charge < -0.3 is 4.74 Å². The molecule has 0 fully saturated rings. The van der Waals surface area contributed by atoms with Crippen molar-refractivity contribution in [2.45, 2.75) is 30.9 Å². The van der Waals surface area contributed by atoms with E-state index in [1.165, 1.54) is 12.7 Å². The maximum Gasteiger partial charge on any atom is 0.337 e. The summed E-state index contributed by atoms with van der Waals surface area (Å²) in [5.74, 6) is -0.337. The number of aromatic amines is 1. The summed E-state index contributed by atoms with van der Waals surface area (Å²) in [6.45, 7) is 5.25. The van der Waals surface area contributed by atoms with Crippen LogP contribution >= 0.6 is 11.9 Å². The third-order valence-corrected chi connectivity index (χ3v) is 7.40. The average molecular weight is 397 g/mol. The van der Waals surface area contributed by atoms with Gasteiger partial charge in [0.05, 0.1) is 29.8 Å². The molecule has 0 spiro atoms. The van der Waals surface area contributed by atoms with Crippen molar-refractivity contribution < 1.29 is 9.53 Å². The molecule has 28 heavy (non-hydrogen) atoms. The van der Waals surface area contributed by atoms with E-state index in [1.54, 1.807) is 18.1 Å². The molecule has 0 amide bonds. The highest BCUT2D eigenvalue weighted by Crippen LogP contribution is 2.58. The topological polar surface area (TPSA) is 79.9 Å². The molecular formula is C21H24N4O2S. The summed E-state index contributed by atoms with van der Waals surface area (Å²) in [5.41, 5.74) is 2.93. The number of H-pyrrole nitrogens is 1. The molecular weight excluding hydrogens is 372 g/mol. The lowest BCUT2D eigenvalue weighted by Gasteiger charge is -2.49. The zero-order valence-corrected chi connectivity index (χ0v) is 17.0. The fraction of sp³-hybridized carbons (Fsp3) is 0.381. The molecule has 2 aliphatic rings. The normalized spacial score (nSPS) is 29.5. The van der Waals surface area contributed by atoms with Crippen molar-refractivity contribution in [1.29, 1.82) is 0 Å². The molecule has 0 bridgehead atoms. The summed E-state index contributed by atoms with van der Waals surface area (Å²) in [6.07, 6.45) is 10.6. The predicted octanol–water partition coefficient (Wildman–Crippen LogP) is 3.27. The van der Waals surface area contributed by atoms with E-state index in [0.29, 0.717) is 5.57 Å². The number of pyridine rings is 1. The van der Waals surface area contributed by atoms with Crippen molar-refractivity contribution in [3.8, 4) is 0 Å². The van der Waals surface area contributed by atoms with Gasteiger partial charge in [-0.1, -0.05) is 43.2 Å². The van der Waals surface area contributed by atoms with Gasteiger partial charge in [-0.3, -0.25) is 14.8 Å². The SMILES string of the molecule is COC(=O)C1=CC(C)(c2ccccn2)C(C)(C2SNCCc3[nH]ncc32)C=C1. The molecule has 0 saturated heterocycles. The fourth-order valence-corrected chi connectivity index (χ4v) is 5.44. The molecule has 1 aliphatic heterocycles. The van der Waals surface area contributed by atoms with Crippen molar-refractivity contribution in [1.82, 2.24) is 19.9 Å². The van der Waals surface area contributed by atoms with Gasteiger partial charge in [-0.2, -0.15) is 5.10 Å². The Morgan fingerprint density at radius 3 is 2.96 bits per heavy atom. The summed E-state index contributed by atoms with van der Waals surface area (Å²) in [7, 11) is 1.41. The molecule has 4 rings (SSSR count). The van der Waals surface area contributed by atoms with Crippen LogP contribution in [-0.4, -0.2) is 34.8 Å². The standard InChI is InChI=1S/C21H24N4O2S/c1-20(18-15-13-23-25-16(15)8-11-24-28-18)9-7-14(19(26)27-3)12-21(20,2)17-6-4-5-10-22-17/h4-7,9-10,12-13,18,24H,8,11H2,1-3H3,(H,23,25).